The lowest BCUT2D eigenvalue weighted by molar-refractivity contribution is -0.128. The van der Waals surface area contributed by atoms with E-state index in [4.69, 9.17) is 4.74 Å². The van der Waals surface area contributed by atoms with Gasteiger partial charge in [0.05, 0.1) is 5.57 Å². The third kappa shape index (κ3) is 4.66. The molecule has 0 spiro atoms. The minimum Gasteiger partial charge on any atom is -0.423 e. The number of hydrogen-bond acceptors (Lipinski definition) is 3. The summed E-state index contributed by atoms with van der Waals surface area (Å²) in [4.78, 5) is 25.0. The Morgan fingerprint density at radius 1 is 0.967 bits per heavy atom. The van der Waals surface area contributed by atoms with Crippen LogP contribution < -0.4 is 10.1 Å². The number of rotatable bonds is 6. The van der Waals surface area contributed by atoms with Crippen LogP contribution in [0.3, 0.4) is 0 Å². The zero-order valence-electron chi connectivity index (χ0n) is 16.9. The average Bonchev–Trinajstić information content (AvgIpc) is 3.18. The number of carbonyl (C=O) groups is 2. The van der Waals surface area contributed by atoms with Crippen molar-refractivity contribution in [2.45, 2.75) is 26.2 Å². The summed E-state index contributed by atoms with van der Waals surface area (Å²) in [5.41, 5.74) is 5.31. The maximum atomic E-state index is 12.7. The van der Waals surface area contributed by atoms with Crippen molar-refractivity contribution in [2.24, 2.45) is 0 Å². The van der Waals surface area contributed by atoms with Gasteiger partial charge in [0.15, 0.2) is 0 Å². The molecule has 0 saturated heterocycles. The number of carbonyl (C=O) groups excluding carboxylic acids is 2. The van der Waals surface area contributed by atoms with Gasteiger partial charge in [-0.15, -0.1) is 0 Å². The number of benzene rings is 3. The van der Waals surface area contributed by atoms with Crippen molar-refractivity contribution in [3.63, 3.8) is 0 Å². The van der Waals surface area contributed by atoms with Gasteiger partial charge in [-0.2, -0.15) is 0 Å². The van der Waals surface area contributed by atoms with Gasteiger partial charge in [-0.05, 0) is 60.7 Å². The van der Waals surface area contributed by atoms with E-state index < -0.39 is 0 Å². The Morgan fingerprint density at radius 3 is 2.50 bits per heavy atom. The first-order chi connectivity index (χ1) is 14.6. The Kier molecular flexibility index (Phi) is 5.75. The maximum absolute atomic E-state index is 12.7. The SMILES string of the molecule is Cc1ccc(OC(=O)C2=CCc3ccc(NC(=O)CCc4ccccc4)cc32)cc1. The highest BCUT2D eigenvalue weighted by Crippen LogP contribution is 2.31. The van der Waals surface area contributed by atoms with Crippen LogP contribution in [0.15, 0.2) is 78.9 Å². The van der Waals surface area contributed by atoms with E-state index in [1.807, 2.05) is 73.7 Å². The first kappa shape index (κ1) is 19.6. The standard InChI is InChI=1S/C26H23NO3/c1-18-7-13-22(14-8-18)30-26(29)23-15-11-20-10-12-21(17-24(20)23)27-25(28)16-9-19-5-3-2-4-6-19/h2-8,10,12-15,17H,9,11,16H2,1H3,(H,27,28). The highest BCUT2D eigenvalue weighted by atomic mass is 16.5. The van der Waals surface area contributed by atoms with Gasteiger partial charge in [0.25, 0.3) is 0 Å². The van der Waals surface area contributed by atoms with Gasteiger partial charge in [0.1, 0.15) is 5.75 Å². The summed E-state index contributed by atoms with van der Waals surface area (Å²) in [6, 6.07) is 23.0. The fraction of sp³-hybridized carbons (Fsp3) is 0.154. The molecule has 0 bridgehead atoms. The topological polar surface area (TPSA) is 55.4 Å². The van der Waals surface area contributed by atoms with Crippen LogP contribution in [-0.4, -0.2) is 11.9 Å². The zero-order valence-corrected chi connectivity index (χ0v) is 16.9. The Morgan fingerprint density at radius 2 is 1.73 bits per heavy atom. The minimum atomic E-state index is -0.384. The monoisotopic (exact) mass is 397 g/mol. The number of ether oxygens (including phenoxy) is 1. The van der Waals surface area contributed by atoms with E-state index in [0.717, 1.165) is 22.3 Å². The summed E-state index contributed by atoms with van der Waals surface area (Å²) in [7, 11) is 0. The second-order valence-corrected chi connectivity index (χ2v) is 7.43. The number of anilines is 1. The minimum absolute atomic E-state index is 0.0513. The lowest BCUT2D eigenvalue weighted by Crippen LogP contribution is -2.13. The highest BCUT2D eigenvalue weighted by Gasteiger charge is 2.22. The molecule has 4 nitrogen and oxygen atoms in total. The molecule has 0 aromatic heterocycles. The zero-order chi connectivity index (χ0) is 20.9. The summed E-state index contributed by atoms with van der Waals surface area (Å²) < 4.78 is 5.52. The molecule has 1 N–H and O–H groups in total. The van der Waals surface area contributed by atoms with Gasteiger partial charge >= 0.3 is 5.97 Å². The fourth-order valence-electron chi connectivity index (χ4n) is 3.49. The molecule has 4 heteroatoms. The number of allylic oxidation sites excluding steroid dienone is 1. The van der Waals surface area contributed by atoms with Gasteiger partial charge in [-0.25, -0.2) is 4.79 Å². The molecule has 1 amide bonds. The third-order valence-corrected chi connectivity index (χ3v) is 5.14. The molecule has 0 radical (unpaired) electrons. The quantitative estimate of drug-likeness (QED) is 0.464. The first-order valence-electron chi connectivity index (χ1n) is 10.0. The Hall–Kier alpha value is -3.66. The molecule has 3 aromatic carbocycles. The van der Waals surface area contributed by atoms with Crippen molar-refractivity contribution >= 4 is 23.1 Å². The second-order valence-electron chi connectivity index (χ2n) is 7.43. The first-order valence-corrected chi connectivity index (χ1v) is 10.0. The van der Waals surface area contributed by atoms with Crippen LogP contribution in [-0.2, 0) is 22.4 Å². The third-order valence-electron chi connectivity index (χ3n) is 5.14. The van der Waals surface area contributed by atoms with Crippen molar-refractivity contribution in [2.75, 3.05) is 5.32 Å². The number of esters is 1. The van der Waals surface area contributed by atoms with Gasteiger partial charge in [0, 0.05) is 12.1 Å². The van der Waals surface area contributed by atoms with Crippen LogP contribution in [0, 0.1) is 6.92 Å². The largest absolute Gasteiger partial charge is 0.423 e. The van der Waals surface area contributed by atoms with Gasteiger partial charge < -0.3 is 10.1 Å². The smallest absolute Gasteiger partial charge is 0.343 e. The van der Waals surface area contributed by atoms with Crippen molar-refractivity contribution < 1.29 is 14.3 Å². The maximum Gasteiger partial charge on any atom is 0.343 e. The Labute approximate surface area is 176 Å². The fourth-order valence-corrected chi connectivity index (χ4v) is 3.49. The van der Waals surface area contributed by atoms with Gasteiger partial charge in [-0.1, -0.05) is 60.2 Å². The summed E-state index contributed by atoms with van der Waals surface area (Å²) >= 11 is 0. The number of nitrogens with one attached hydrogen (secondary N) is 1. The molecule has 0 aliphatic heterocycles. The molecule has 0 heterocycles. The Balaban J connectivity index is 1.41. The Bertz CT molecular complexity index is 1100. The van der Waals surface area contributed by atoms with Crippen LogP contribution in [0.5, 0.6) is 5.75 Å². The van der Waals surface area contributed by atoms with Crippen LogP contribution in [0.2, 0.25) is 0 Å². The van der Waals surface area contributed by atoms with Gasteiger partial charge in [-0.3, -0.25) is 4.79 Å². The summed E-state index contributed by atoms with van der Waals surface area (Å²) in [5.74, 6) is 0.0834. The number of hydrogen-bond donors (Lipinski definition) is 1. The molecule has 0 atom stereocenters. The molecular formula is C26H23NO3. The van der Waals surface area contributed by atoms with Crippen LogP contribution in [0.4, 0.5) is 5.69 Å². The van der Waals surface area contributed by atoms with E-state index in [9.17, 15) is 9.59 Å². The van der Waals surface area contributed by atoms with E-state index >= 15 is 0 Å². The van der Waals surface area contributed by atoms with E-state index in [1.54, 1.807) is 12.1 Å². The molecule has 1 aliphatic rings. The lowest BCUT2D eigenvalue weighted by Gasteiger charge is -2.10. The van der Waals surface area contributed by atoms with Crippen molar-refractivity contribution in [1.82, 2.24) is 0 Å². The lowest BCUT2D eigenvalue weighted by atomic mass is 10.0. The van der Waals surface area contributed by atoms with E-state index in [-0.39, 0.29) is 11.9 Å². The molecule has 3 aromatic rings. The molecular weight excluding hydrogens is 374 g/mol. The van der Waals surface area contributed by atoms with Crippen LogP contribution >= 0.6 is 0 Å². The van der Waals surface area contributed by atoms with E-state index in [0.29, 0.717) is 36.3 Å². The summed E-state index contributed by atoms with van der Waals surface area (Å²) in [5, 5.41) is 2.94. The summed E-state index contributed by atoms with van der Waals surface area (Å²) in [6.45, 7) is 1.98. The molecule has 30 heavy (non-hydrogen) atoms. The van der Waals surface area contributed by atoms with Gasteiger partial charge in [0.2, 0.25) is 5.91 Å². The van der Waals surface area contributed by atoms with E-state index in [2.05, 4.69) is 5.32 Å². The number of fused-ring (bicyclic) bond motifs is 1. The van der Waals surface area contributed by atoms with Crippen LogP contribution in [0.25, 0.3) is 5.57 Å². The molecule has 0 unspecified atom stereocenters. The van der Waals surface area contributed by atoms with E-state index in [1.165, 1.54) is 0 Å². The molecule has 1 aliphatic carbocycles. The van der Waals surface area contributed by atoms with Crippen molar-refractivity contribution in [1.29, 1.82) is 0 Å². The van der Waals surface area contributed by atoms with Crippen molar-refractivity contribution in [3.8, 4) is 5.75 Å². The second kappa shape index (κ2) is 8.78. The molecule has 0 saturated carbocycles. The predicted octanol–water partition coefficient (Wildman–Crippen LogP) is 5.11. The predicted molar refractivity (Wildman–Crippen MR) is 118 cm³/mol. The number of aryl methyl sites for hydroxylation is 2. The van der Waals surface area contributed by atoms with Crippen molar-refractivity contribution in [3.05, 3.63) is 101 Å². The number of amides is 1. The molecule has 150 valence electrons. The molecule has 4 rings (SSSR count). The highest BCUT2D eigenvalue weighted by molar-refractivity contribution is 6.19. The molecule has 0 fully saturated rings. The summed E-state index contributed by atoms with van der Waals surface area (Å²) in [6.07, 6.45) is 3.64. The van der Waals surface area contributed by atoms with Crippen LogP contribution in [0.1, 0.15) is 28.7 Å². The normalized spacial score (nSPS) is 12.1. The average molecular weight is 397 g/mol.